The summed E-state index contributed by atoms with van der Waals surface area (Å²) < 4.78 is 7.36. The lowest BCUT2D eigenvalue weighted by Crippen LogP contribution is -2.35. The molecule has 4 aromatic heterocycles. The molecule has 32 heavy (non-hydrogen) atoms. The number of carbonyl (C=O) groups is 1. The van der Waals surface area contributed by atoms with E-state index in [1.807, 2.05) is 38.6 Å². The van der Waals surface area contributed by atoms with Crippen LogP contribution in [0, 0.1) is 5.92 Å². The first kappa shape index (κ1) is 20.2. The van der Waals surface area contributed by atoms with Crippen molar-refractivity contribution in [2.75, 3.05) is 26.5 Å². The van der Waals surface area contributed by atoms with Gasteiger partial charge in [-0.05, 0) is 37.8 Å². The van der Waals surface area contributed by atoms with Gasteiger partial charge in [-0.15, -0.1) is 0 Å². The van der Waals surface area contributed by atoms with E-state index in [0.29, 0.717) is 17.5 Å². The molecule has 4 heterocycles. The summed E-state index contributed by atoms with van der Waals surface area (Å²) >= 11 is 0. The van der Waals surface area contributed by atoms with Crippen molar-refractivity contribution in [1.29, 1.82) is 0 Å². The number of aromatic amines is 1. The van der Waals surface area contributed by atoms with Gasteiger partial charge in [-0.25, -0.2) is 9.50 Å². The number of nitrogens with one attached hydrogen (secondary N) is 2. The van der Waals surface area contributed by atoms with Crippen molar-refractivity contribution in [2.45, 2.75) is 31.7 Å². The fourth-order valence-electron chi connectivity index (χ4n) is 4.45. The molecule has 0 aromatic carbocycles. The molecule has 1 saturated carbocycles. The number of ether oxygens (including phenoxy) is 1. The quantitative estimate of drug-likeness (QED) is 0.496. The third-order valence-corrected chi connectivity index (χ3v) is 6.13. The topological polar surface area (TPSA) is 113 Å². The average molecular weight is 435 g/mol. The largest absolute Gasteiger partial charge is 0.480 e. The standard InChI is InChI=1S/C22H26N8O2/c1-29(2)21(31)13-4-7-15(8-5-13)26-22-27-19-18(20(28-22)32-3)16(10-23-19)14-6-9-17-24-12-25-30(17)11-14/h6,9-13,15H,4-5,7-8H2,1-3H3,(H2,23,26,27,28). The molecule has 0 saturated heterocycles. The first-order valence-corrected chi connectivity index (χ1v) is 10.7. The normalized spacial score (nSPS) is 18.7. The second-order valence-electron chi connectivity index (χ2n) is 8.39. The molecule has 5 rings (SSSR count). The molecule has 10 heteroatoms. The molecule has 0 spiro atoms. The molecule has 1 fully saturated rings. The van der Waals surface area contributed by atoms with Crippen molar-refractivity contribution in [3.8, 4) is 17.0 Å². The van der Waals surface area contributed by atoms with Gasteiger partial charge in [0.15, 0.2) is 5.65 Å². The van der Waals surface area contributed by atoms with Gasteiger partial charge < -0.3 is 19.9 Å². The highest BCUT2D eigenvalue weighted by Crippen LogP contribution is 2.35. The Labute approximate surface area is 185 Å². The van der Waals surface area contributed by atoms with E-state index >= 15 is 0 Å². The number of rotatable bonds is 5. The molecule has 4 aromatic rings. The van der Waals surface area contributed by atoms with E-state index in [0.717, 1.165) is 47.8 Å². The van der Waals surface area contributed by atoms with E-state index in [4.69, 9.17) is 9.72 Å². The van der Waals surface area contributed by atoms with Gasteiger partial charge in [0.05, 0.1) is 12.5 Å². The lowest BCUT2D eigenvalue weighted by atomic mass is 9.85. The van der Waals surface area contributed by atoms with Gasteiger partial charge in [0.1, 0.15) is 12.0 Å². The number of hydrogen-bond donors (Lipinski definition) is 2. The third-order valence-electron chi connectivity index (χ3n) is 6.13. The minimum atomic E-state index is 0.106. The molecule has 1 amide bonds. The Hall–Kier alpha value is -3.69. The summed E-state index contributed by atoms with van der Waals surface area (Å²) in [6, 6.07) is 4.14. The maximum Gasteiger partial charge on any atom is 0.228 e. The maximum absolute atomic E-state index is 12.2. The van der Waals surface area contributed by atoms with Crippen LogP contribution in [0.15, 0.2) is 30.9 Å². The number of anilines is 1. The van der Waals surface area contributed by atoms with Crippen molar-refractivity contribution in [2.24, 2.45) is 5.92 Å². The molecular weight excluding hydrogens is 408 g/mol. The van der Waals surface area contributed by atoms with E-state index in [1.54, 1.807) is 16.5 Å². The number of pyridine rings is 1. The Balaban J connectivity index is 1.39. The van der Waals surface area contributed by atoms with Crippen LogP contribution in [0.1, 0.15) is 25.7 Å². The molecule has 1 aliphatic rings. The predicted molar refractivity (Wildman–Crippen MR) is 120 cm³/mol. The fourth-order valence-corrected chi connectivity index (χ4v) is 4.45. The highest BCUT2D eigenvalue weighted by atomic mass is 16.5. The van der Waals surface area contributed by atoms with Crippen molar-refractivity contribution in [1.82, 2.24) is 34.4 Å². The smallest absolute Gasteiger partial charge is 0.228 e. The number of amides is 1. The summed E-state index contributed by atoms with van der Waals surface area (Å²) in [5, 5.41) is 8.47. The second kappa shape index (κ2) is 8.10. The number of fused-ring (bicyclic) bond motifs is 2. The van der Waals surface area contributed by atoms with Crippen LogP contribution in [0.2, 0.25) is 0 Å². The molecule has 0 bridgehead atoms. The maximum atomic E-state index is 12.2. The molecule has 2 N–H and O–H groups in total. The minimum absolute atomic E-state index is 0.106. The molecule has 1 aliphatic carbocycles. The molecule has 0 atom stereocenters. The Kier molecular flexibility index (Phi) is 5.12. The van der Waals surface area contributed by atoms with Crippen LogP contribution in [0.25, 0.3) is 27.8 Å². The molecular formula is C22H26N8O2. The van der Waals surface area contributed by atoms with E-state index in [-0.39, 0.29) is 17.9 Å². The summed E-state index contributed by atoms with van der Waals surface area (Å²) in [5.41, 5.74) is 3.37. The summed E-state index contributed by atoms with van der Waals surface area (Å²) in [4.78, 5) is 30.7. The lowest BCUT2D eigenvalue weighted by Gasteiger charge is -2.29. The van der Waals surface area contributed by atoms with E-state index in [2.05, 4.69) is 25.4 Å². The number of methoxy groups -OCH3 is 1. The van der Waals surface area contributed by atoms with Crippen LogP contribution in [-0.2, 0) is 4.79 Å². The molecule has 0 radical (unpaired) electrons. The van der Waals surface area contributed by atoms with Gasteiger partial charge >= 0.3 is 0 Å². The van der Waals surface area contributed by atoms with Gasteiger partial charge in [-0.1, -0.05) is 0 Å². The van der Waals surface area contributed by atoms with E-state index < -0.39 is 0 Å². The molecule has 0 unspecified atom stereocenters. The van der Waals surface area contributed by atoms with Crippen LogP contribution in [0.3, 0.4) is 0 Å². The van der Waals surface area contributed by atoms with Crippen molar-refractivity contribution in [3.63, 3.8) is 0 Å². The minimum Gasteiger partial charge on any atom is -0.480 e. The van der Waals surface area contributed by atoms with Gasteiger partial charge in [-0.2, -0.15) is 15.1 Å². The van der Waals surface area contributed by atoms with Crippen LogP contribution in [0.4, 0.5) is 5.95 Å². The number of carbonyl (C=O) groups excluding carboxylic acids is 1. The number of nitrogens with zero attached hydrogens (tertiary/aromatic N) is 6. The second-order valence-corrected chi connectivity index (χ2v) is 8.39. The first-order valence-electron chi connectivity index (χ1n) is 10.7. The molecule has 10 nitrogen and oxygen atoms in total. The van der Waals surface area contributed by atoms with Gasteiger partial charge in [0, 0.05) is 49.6 Å². The number of aromatic nitrogens is 6. The lowest BCUT2D eigenvalue weighted by molar-refractivity contribution is -0.133. The monoisotopic (exact) mass is 434 g/mol. The summed E-state index contributed by atoms with van der Waals surface area (Å²) in [6.45, 7) is 0. The Bertz CT molecular complexity index is 1270. The number of H-pyrrole nitrogens is 1. The Morgan fingerprint density at radius 2 is 2.03 bits per heavy atom. The summed E-state index contributed by atoms with van der Waals surface area (Å²) in [5.74, 6) is 1.35. The Morgan fingerprint density at radius 1 is 1.22 bits per heavy atom. The van der Waals surface area contributed by atoms with Crippen LogP contribution in [0.5, 0.6) is 5.88 Å². The predicted octanol–water partition coefficient (Wildman–Crippen LogP) is 2.74. The molecule has 166 valence electrons. The third kappa shape index (κ3) is 3.61. The van der Waals surface area contributed by atoms with Crippen LogP contribution in [-0.4, -0.2) is 67.6 Å². The highest BCUT2D eigenvalue weighted by Gasteiger charge is 2.28. The van der Waals surface area contributed by atoms with Crippen molar-refractivity contribution < 1.29 is 9.53 Å². The first-order chi connectivity index (χ1) is 15.5. The zero-order valence-electron chi connectivity index (χ0n) is 18.4. The van der Waals surface area contributed by atoms with E-state index in [9.17, 15) is 4.79 Å². The summed E-state index contributed by atoms with van der Waals surface area (Å²) in [6.07, 6.45) is 8.90. The van der Waals surface area contributed by atoms with Crippen LogP contribution >= 0.6 is 0 Å². The Morgan fingerprint density at radius 3 is 2.78 bits per heavy atom. The number of hydrogen-bond acceptors (Lipinski definition) is 7. The van der Waals surface area contributed by atoms with Gasteiger partial charge in [0.2, 0.25) is 17.7 Å². The summed E-state index contributed by atoms with van der Waals surface area (Å²) in [7, 11) is 5.24. The van der Waals surface area contributed by atoms with Crippen LogP contribution < -0.4 is 10.1 Å². The average Bonchev–Trinajstić information content (AvgIpc) is 3.45. The highest BCUT2D eigenvalue weighted by molar-refractivity contribution is 5.97. The van der Waals surface area contributed by atoms with Gasteiger partial charge in [-0.3, -0.25) is 4.79 Å². The van der Waals surface area contributed by atoms with E-state index in [1.165, 1.54) is 6.33 Å². The molecule has 0 aliphatic heterocycles. The van der Waals surface area contributed by atoms with Crippen molar-refractivity contribution >= 4 is 28.5 Å². The fraction of sp³-hybridized carbons (Fsp3) is 0.409. The SMILES string of the molecule is COc1nc(NC2CCC(C(=O)N(C)C)CC2)nc2[nH]cc(-c3ccc4ncnn4c3)c12. The zero-order chi connectivity index (χ0) is 22.2. The zero-order valence-corrected chi connectivity index (χ0v) is 18.4. The van der Waals surface area contributed by atoms with Gasteiger partial charge in [0.25, 0.3) is 0 Å². The van der Waals surface area contributed by atoms with Crippen molar-refractivity contribution in [3.05, 3.63) is 30.9 Å².